The van der Waals surface area contributed by atoms with E-state index in [0.717, 1.165) is 0 Å². The minimum Gasteiger partial charge on any atom is -0.451 e. The summed E-state index contributed by atoms with van der Waals surface area (Å²) in [6.07, 6.45) is 2.34. The lowest BCUT2D eigenvalue weighted by atomic mass is 10.0. The minimum absolute atomic E-state index is 0.0863. The summed E-state index contributed by atoms with van der Waals surface area (Å²) in [5.41, 5.74) is 5.90. The molecule has 86 valence electrons. The zero-order chi connectivity index (χ0) is 11.7. The Hall–Kier alpha value is -1.69. The molecule has 2 heterocycles. The average Bonchev–Trinajstić information content (AvgIpc) is 2.84. The van der Waals surface area contributed by atoms with Crippen molar-refractivity contribution in [2.45, 2.75) is 19.5 Å². The third kappa shape index (κ3) is 1.83. The lowest BCUT2D eigenvalue weighted by molar-refractivity contribution is -0.129. The van der Waals surface area contributed by atoms with Gasteiger partial charge in [0.15, 0.2) is 12.2 Å². The summed E-state index contributed by atoms with van der Waals surface area (Å²) < 4.78 is 4.74. The number of likely N-dealkylation sites (tertiary alicyclic amines) is 1. The summed E-state index contributed by atoms with van der Waals surface area (Å²) in [6.45, 7) is 2.09. The monoisotopic (exact) mass is 223 g/mol. The Balaban J connectivity index is 2.09. The summed E-state index contributed by atoms with van der Waals surface area (Å²) in [5.74, 6) is -0.606. The number of hydrogen-bond donors (Lipinski definition) is 1. The van der Waals surface area contributed by atoms with Crippen molar-refractivity contribution in [3.8, 4) is 0 Å². The van der Waals surface area contributed by atoms with Gasteiger partial charge in [0.05, 0.1) is 12.1 Å². The molecule has 2 rings (SSSR count). The first kappa shape index (κ1) is 10.8. The van der Waals surface area contributed by atoms with Crippen molar-refractivity contribution in [2.24, 2.45) is 11.7 Å². The van der Waals surface area contributed by atoms with Gasteiger partial charge >= 0.3 is 0 Å². The van der Waals surface area contributed by atoms with Crippen molar-refractivity contribution >= 4 is 11.7 Å². The van der Waals surface area contributed by atoms with Gasteiger partial charge in [-0.25, -0.2) is 4.98 Å². The van der Waals surface area contributed by atoms with E-state index in [1.807, 2.05) is 0 Å². The standard InChI is InChI=1S/C10H13N3O3/c1-6(11)13-3-7(2-9(13)14)10(15)8-4-16-5-12-8/h4-7H,2-3,11H2,1H3/t6-,7?/m1/s1. The molecule has 0 aromatic carbocycles. The Morgan fingerprint density at radius 3 is 3.00 bits per heavy atom. The lowest BCUT2D eigenvalue weighted by Gasteiger charge is -2.20. The Bertz CT molecular complexity index is 399. The molecular formula is C10H13N3O3. The van der Waals surface area contributed by atoms with Crippen molar-refractivity contribution in [3.63, 3.8) is 0 Å². The Morgan fingerprint density at radius 1 is 1.75 bits per heavy atom. The first-order chi connectivity index (χ1) is 7.59. The van der Waals surface area contributed by atoms with Gasteiger partial charge in [-0.15, -0.1) is 0 Å². The van der Waals surface area contributed by atoms with E-state index in [9.17, 15) is 9.59 Å². The molecule has 0 radical (unpaired) electrons. The fraction of sp³-hybridized carbons (Fsp3) is 0.500. The van der Waals surface area contributed by atoms with Gasteiger partial charge in [0, 0.05) is 13.0 Å². The van der Waals surface area contributed by atoms with Crippen LogP contribution < -0.4 is 5.73 Å². The summed E-state index contributed by atoms with van der Waals surface area (Å²) in [7, 11) is 0. The zero-order valence-corrected chi connectivity index (χ0v) is 8.92. The van der Waals surface area contributed by atoms with Gasteiger partial charge in [-0.05, 0) is 6.92 Å². The highest BCUT2D eigenvalue weighted by Gasteiger charge is 2.36. The first-order valence-electron chi connectivity index (χ1n) is 5.07. The molecule has 0 bridgehead atoms. The van der Waals surface area contributed by atoms with Crippen molar-refractivity contribution in [2.75, 3.05) is 6.54 Å². The van der Waals surface area contributed by atoms with Crippen molar-refractivity contribution < 1.29 is 14.0 Å². The minimum atomic E-state index is -0.359. The van der Waals surface area contributed by atoms with Gasteiger partial charge in [-0.3, -0.25) is 9.59 Å². The molecule has 1 aliphatic rings. The van der Waals surface area contributed by atoms with E-state index in [-0.39, 0.29) is 35.9 Å². The number of nitrogens with two attached hydrogens (primary N) is 1. The van der Waals surface area contributed by atoms with Crippen LogP contribution in [0.4, 0.5) is 0 Å². The summed E-state index contributed by atoms with van der Waals surface area (Å²) in [5, 5.41) is 0. The van der Waals surface area contributed by atoms with Crippen LogP contribution >= 0.6 is 0 Å². The summed E-state index contributed by atoms with van der Waals surface area (Å²) >= 11 is 0. The predicted octanol–water partition coefficient (Wildman–Crippen LogP) is 0.0105. The van der Waals surface area contributed by atoms with Crippen molar-refractivity contribution in [1.82, 2.24) is 9.88 Å². The Morgan fingerprint density at radius 2 is 2.50 bits per heavy atom. The van der Waals surface area contributed by atoms with E-state index < -0.39 is 0 Å². The molecule has 1 aliphatic heterocycles. The predicted molar refractivity (Wildman–Crippen MR) is 54.3 cm³/mol. The van der Waals surface area contributed by atoms with Crippen LogP contribution in [0, 0.1) is 5.92 Å². The van der Waals surface area contributed by atoms with E-state index >= 15 is 0 Å². The molecule has 0 saturated carbocycles. The van der Waals surface area contributed by atoms with Crippen molar-refractivity contribution in [1.29, 1.82) is 0 Å². The SMILES string of the molecule is C[C@H](N)N1CC(C(=O)c2cocn2)CC1=O. The number of ketones is 1. The number of Topliss-reactive ketones (excluding diaryl/α,β-unsaturated/α-hetero) is 1. The van der Waals surface area contributed by atoms with E-state index in [4.69, 9.17) is 10.2 Å². The first-order valence-corrected chi connectivity index (χ1v) is 5.07. The number of hydrogen-bond acceptors (Lipinski definition) is 5. The number of nitrogens with zero attached hydrogens (tertiary/aromatic N) is 2. The van der Waals surface area contributed by atoms with Gasteiger partial charge < -0.3 is 15.1 Å². The zero-order valence-electron chi connectivity index (χ0n) is 8.92. The largest absolute Gasteiger partial charge is 0.451 e. The molecule has 6 heteroatoms. The van der Waals surface area contributed by atoms with Gasteiger partial charge in [0.1, 0.15) is 12.0 Å². The molecular weight excluding hydrogens is 210 g/mol. The fourth-order valence-corrected chi connectivity index (χ4v) is 1.84. The number of oxazole rings is 1. The highest BCUT2D eigenvalue weighted by atomic mass is 16.3. The molecule has 2 N–H and O–H groups in total. The maximum atomic E-state index is 11.9. The highest BCUT2D eigenvalue weighted by molar-refractivity contribution is 5.99. The van der Waals surface area contributed by atoms with E-state index in [0.29, 0.717) is 6.54 Å². The highest BCUT2D eigenvalue weighted by Crippen LogP contribution is 2.22. The smallest absolute Gasteiger partial charge is 0.224 e. The van der Waals surface area contributed by atoms with E-state index in [1.54, 1.807) is 6.92 Å². The summed E-state index contributed by atoms with van der Waals surface area (Å²) in [6, 6.07) is 0. The number of carbonyl (C=O) groups excluding carboxylic acids is 2. The maximum absolute atomic E-state index is 11.9. The van der Waals surface area contributed by atoms with Crippen molar-refractivity contribution in [3.05, 3.63) is 18.4 Å². The summed E-state index contributed by atoms with van der Waals surface area (Å²) in [4.78, 5) is 28.7. The van der Waals surface area contributed by atoms with Crippen LogP contribution in [0.15, 0.2) is 17.1 Å². The van der Waals surface area contributed by atoms with Gasteiger partial charge in [-0.1, -0.05) is 0 Å². The lowest BCUT2D eigenvalue weighted by Crippen LogP contribution is -2.40. The number of aromatic nitrogens is 1. The van der Waals surface area contributed by atoms with Crippen LogP contribution in [-0.4, -0.2) is 34.3 Å². The number of amides is 1. The molecule has 1 fully saturated rings. The van der Waals surface area contributed by atoms with Gasteiger partial charge in [0.25, 0.3) is 0 Å². The molecule has 16 heavy (non-hydrogen) atoms. The topological polar surface area (TPSA) is 89.4 Å². The maximum Gasteiger partial charge on any atom is 0.224 e. The Kier molecular flexibility index (Phi) is 2.74. The van der Waals surface area contributed by atoms with E-state index in [2.05, 4.69) is 4.98 Å². The average molecular weight is 223 g/mol. The molecule has 6 nitrogen and oxygen atoms in total. The molecule has 0 spiro atoms. The molecule has 1 unspecified atom stereocenters. The van der Waals surface area contributed by atoms with Crippen LogP contribution in [0.2, 0.25) is 0 Å². The van der Waals surface area contributed by atoms with E-state index in [1.165, 1.54) is 17.6 Å². The molecule has 1 aromatic heterocycles. The normalized spacial score (nSPS) is 22.5. The van der Waals surface area contributed by atoms with Gasteiger partial charge in [0.2, 0.25) is 5.91 Å². The molecule has 0 aliphatic carbocycles. The molecule has 1 aromatic rings. The quantitative estimate of drug-likeness (QED) is 0.729. The van der Waals surface area contributed by atoms with Gasteiger partial charge in [-0.2, -0.15) is 0 Å². The molecule has 1 saturated heterocycles. The molecule has 2 atom stereocenters. The third-order valence-corrected chi connectivity index (χ3v) is 2.71. The molecule has 1 amide bonds. The van der Waals surface area contributed by atoms with Crippen LogP contribution in [-0.2, 0) is 4.79 Å². The number of rotatable bonds is 3. The van der Waals surface area contributed by atoms with Crippen LogP contribution in [0.25, 0.3) is 0 Å². The fourth-order valence-electron chi connectivity index (χ4n) is 1.84. The van der Waals surface area contributed by atoms with Crippen LogP contribution in [0.5, 0.6) is 0 Å². The third-order valence-electron chi connectivity index (χ3n) is 2.71. The second-order valence-corrected chi connectivity index (χ2v) is 3.93. The van der Waals surface area contributed by atoms with Crippen LogP contribution in [0.3, 0.4) is 0 Å². The second kappa shape index (κ2) is 4.05. The number of carbonyl (C=O) groups is 2. The second-order valence-electron chi connectivity index (χ2n) is 3.93. The van der Waals surface area contributed by atoms with Crippen LogP contribution in [0.1, 0.15) is 23.8 Å². The Labute approximate surface area is 92.4 Å².